The van der Waals surface area contributed by atoms with E-state index in [1.165, 1.54) is 11.1 Å². The van der Waals surface area contributed by atoms with Crippen molar-refractivity contribution in [2.45, 2.75) is 19.5 Å². The lowest BCUT2D eigenvalue weighted by atomic mass is 9.99. The fourth-order valence-corrected chi connectivity index (χ4v) is 5.52. The van der Waals surface area contributed by atoms with E-state index in [2.05, 4.69) is 102 Å². The molecule has 6 rings (SSSR count). The number of hydrogen-bond donors (Lipinski definition) is 1. The first-order valence-corrected chi connectivity index (χ1v) is 13.0. The van der Waals surface area contributed by atoms with Crippen LogP contribution in [0.5, 0.6) is 0 Å². The zero-order valence-corrected chi connectivity index (χ0v) is 22.3. The fourth-order valence-electron chi connectivity index (χ4n) is 4.55. The van der Waals surface area contributed by atoms with Crippen LogP contribution in [0.15, 0.2) is 104 Å². The summed E-state index contributed by atoms with van der Waals surface area (Å²) in [7, 11) is 0. The Labute approximate surface area is 228 Å². The summed E-state index contributed by atoms with van der Waals surface area (Å²) in [6, 6.07) is 31.2. The molecular formula is C29H24IN7. The first kappa shape index (κ1) is 23.5. The van der Waals surface area contributed by atoms with Gasteiger partial charge in [0, 0.05) is 40.3 Å². The monoisotopic (exact) mass is 597 g/mol. The Balaban J connectivity index is 1.41. The summed E-state index contributed by atoms with van der Waals surface area (Å²) in [5, 5.41) is 4.31. The van der Waals surface area contributed by atoms with Gasteiger partial charge in [-0.25, -0.2) is 17.6 Å². The highest BCUT2D eigenvalue weighted by Gasteiger charge is 2.23. The lowest BCUT2D eigenvalue weighted by Gasteiger charge is -2.26. The highest BCUT2D eigenvalue weighted by Crippen LogP contribution is 2.34. The number of benzene rings is 2. The molecule has 1 N–H and O–H groups in total. The molecule has 6 aromatic rings. The smallest absolute Gasteiger partial charge is 0.155 e. The third kappa shape index (κ3) is 4.90. The molecule has 0 amide bonds. The maximum absolute atomic E-state index is 5.08. The molecule has 0 fully saturated rings. The van der Waals surface area contributed by atoms with Crippen LogP contribution >= 0.6 is 22.9 Å². The van der Waals surface area contributed by atoms with E-state index in [-0.39, 0.29) is 6.04 Å². The van der Waals surface area contributed by atoms with Crippen molar-refractivity contribution >= 4 is 28.5 Å². The Hall–Kier alpha value is -3.89. The predicted octanol–water partition coefficient (Wildman–Crippen LogP) is 6.43. The number of aryl methyl sites for hydroxylation is 1. The van der Waals surface area contributed by atoms with Crippen LogP contribution in [0.1, 0.15) is 28.7 Å². The number of rotatable bonds is 7. The van der Waals surface area contributed by atoms with Gasteiger partial charge in [-0.2, -0.15) is 5.10 Å². The molecule has 0 spiro atoms. The number of nitrogens with one attached hydrogen (secondary N) is 1. The third-order valence-electron chi connectivity index (χ3n) is 6.26. The molecule has 0 aliphatic rings. The van der Waals surface area contributed by atoms with Gasteiger partial charge in [-0.3, -0.25) is 4.98 Å². The van der Waals surface area contributed by atoms with E-state index >= 15 is 0 Å². The molecule has 0 bridgehead atoms. The van der Waals surface area contributed by atoms with Gasteiger partial charge < -0.3 is 4.98 Å². The second-order valence-electron chi connectivity index (χ2n) is 8.83. The van der Waals surface area contributed by atoms with Gasteiger partial charge in [-0.05, 0) is 42.3 Å². The van der Waals surface area contributed by atoms with Crippen LogP contribution in [0.2, 0.25) is 0 Å². The lowest BCUT2D eigenvalue weighted by molar-refractivity contribution is 0.426. The van der Waals surface area contributed by atoms with E-state index in [1.807, 2.05) is 43.5 Å². The molecular weight excluding hydrogens is 573 g/mol. The highest BCUT2D eigenvalue weighted by atomic mass is 127. The number of aromatic nitrogens is 6. The van der Waals surface area contributed by atoms with Crippen LogP contribution < -0.4 is 0 Å². The lowest BCUT2D eigenvalue weighted by Crippen LogP contribution is -2.20. The molecule has 7 nitrogen and oxygen atoms in total. The molecule has 8 heteroatoms. The number of fused-ring (bicyclic) bond motifs is 1. The van der Waals surface area contributed by atoms with Crippen LogP contribution in [0.4, 0.5) is 0 Å². The summed E-state index contributed by atoms with van der Waals surface area (Å²) in [6.07, 6.45) is 3.51. The van der Waals surface area contributed by atoms with Crippen molar-refractivity contribution in [1.82, 2.24) is 32.7 Å². The van der Waals surface area contributed by atoms with Crippen LogP contribution in [0.3, 0.4) is 0 Å². The molecule has 0 radical (unpaired) electrons. The third-order valence-corrected chi connectivity index (χ3v) is 7.15. The van der Waals surface area contributed by atoms with Crippen LogP contribution in [0.25, 0.3) is 28.3 Å². The second kappa shape index (κ2) is 10.2. The SMILES string of the molecule is Cc1cccc(-c2[nH]c(CN(I)C(c3ccccc3)c3ccccc3)nc2-c2ccc3ncnn3c2)n1. The summed E-state index contributed by atoms with van der Waals surface area (Å²) >= 11 is 2.42. The van der Waals surface area contributed by atoms with Gasteiger partial charge in [0.15, 0.2) is 5.65 Å². The van der Waals surface area contributed by atoms with E-state index in [9.17, 15) is 0 Å². The molecule has 0 atom stereocenters. The Morgan fingerprint density at radius 2 is 1.59 bits per heavy atom. The number of aromatic amines is 1. The highest BCUT2D eigenvalue weighted by molar-refractivity contribution is 14.1. The Morgan fingerprint density at radius 1 is 0.865 bits per heavy atom. The van der Waals surface area contributed by atoms with Gasteiger partial charge in [0.05, 0.1) is 29.7 Å². The average molecular weight is 597 g/mol. The molecule has 182 valence electrons. The van der Waals surface area contributed by atoms with Crippen molar-refractivity contribution in [3.8, 4) is 22.6 Å². The molecule has 0 aliphatic heterocycles. The minimum absolute atomic E-state index is 0.0728. The predicted molar refractivity (Wildman–Crippen MR) is 153 cm³/mol. The van der Waals surface area contributed by atoms with Gasteiger partial charge in [0.1, 0.15) is 12.2 Å². The summed E-state index contributed by atoms with van der Waals surface area (Å²) in [5.41, 5.74) is 7.73. The minimum atomic E-state index is 0.0728. The largest absolute Gasteiger partial charge is 0.339 e. The van der Waals surface area contributed by atoms with Gasteiger partial charge >= 0.3 is 0 Å². The molecule has 0 saturated carbocycles. The quantitative estimate of drug-likeness (QED) is 0.170. The number of nitrogens with zero attached hydrogens (tertiary/aromatic N) is 6. The molecule has 4 heterocycles. The van der Waals surface area contributed by atoms with E-state index in [1.54, 1.807) is 10.8 Å². The van der Waals surface area contributed by atoms with Gasteiger partial charge in [0.2, 0.25) is 0 Å². The van der Waals surface area contributed by atoms with Crippen molar-refractivity contribution in [2.24, 2.45) is 0 Å². The van der Waals surface area contributed by atoms with Crippen molar-refractivity contribution in [1.29, 1.82) is 0 Å². The summed E-state index contributed by atoms with van der Waals surface area (Å²) in [5.74, 6) is 0.859. The molecule has 0 unspecified atom stereocenters. The van der Waals surface area contributed by atoms with E-state index < -0.39 is 0 Å². The van der Waals surface area contributed by atoms with Crippen LogP contribution in [0, 0.1) is 6.92 Å². The Bertz CT molecular complexity index is 1600. The van der Waals surface area contributed by atoms with Gasteiger partial charge in [-0.15, -0.1) is 0 Å². The molecule has 4 aromatic heterocycles. The summed E-state index contributed by atoms with van der Waals surface area (Å²) in [4.78, 5) is 17.7. The van der Waals surface area contributed by atoms with Crippen molar-refractivity contribution in [2.75, 3.05) is 0 Å². The molecule has 0 aliphatic carbocycles. The summed E-state index contributed by atoms with van der Waals surface area (Å²) < 4.78 is 4.06. The average Bonchev–Trinajstić information content (AvgIpc) is 3.57. The number of H-pyrrole nitrogens is 1. The number of hydrogen-bond acceptors (Lipinski definition) is 5. The minimum Gasteiger partial charge on any atom is -0.339 e. The topological polar surface area (TPSA) is 75.0 Å². The standard InChI is InChI=1S/C29H24IN7/c1-20-9-8-14-24(33-20)28-27(23-15-16-26-31-19-32-37(26)17-23)34-25(35-28)18-36(30)29(21-10-4-2-5-11-21)22-12-6-3-7-13-22/h2-17,19,29H,18H2,1H3,(H,34,35). The van der Waals surface area contributed by atoms with Crippen molar-refractivity contribution in [3.05, 3.63) is 126 Å². The molecule has 2 aromatic carbocycles. The van der Waals surface area contributed by atoms with Gasteiger partial charge in [0.25, 0.3) is 0 Å². The first-order chi connectivity index (χ1) is 18.2. The van der Waals surface area contributed by atoms with Crippen molar-refractivity contribution < 1.29 is 0 Å². The molecule has 0 saturated heterocycles. The van der Waals surface area contributed by atoms with Crippen LogP contribution in [-0.4, -0.2) is 32.7 Å². The van der Waals surface area contributed by atoms with E-state index in [0.717, 1.165) is 39.8 Å². The zero-order valence-electron chi connectivity index (χ0n) is 20.2. The fraction of sp³-hybridized carbons (Fsp3) is 0.103. The maximum atomic E-state index is 5.08. The van der Waals surface area contributed by atoms with E-state index in [0.29, 0.717) is 6.54 Å². The summed E-state index contributed by atoms with van der Waals surface area (Å²) in [6.45, 7) is 2.61. The zero-order chi connectivity index (χ0) is 25.2. The normalized spacial score (nSPS) is 11.6. The second-order valence-corrected chi connectivity index (χ2v) is 10.1. The molecule has 37 heavy (non-hydrogen) atoms. The van der Waals surface area contributed by atoms with Gasteiger partial charge in [-0.1, -0.05) is 66.7 Å². The number of pyridine rings is 2. The maximum Gasteiger partial charge on any atom is 0.155 e. The number of imidazole rings is 1. The Morgan fingerprint density at radius 3 is 2.30 bits per heavy atom. The first-order valence-electron chi connectivity index (χ1n) is 12.0. The van der Waals surface area contributed by atoms with Crippen LogP contribution in [-0.2, 0) is 6.54 Å². The number of halogens is 1. The van der Waals surface area contributed by atoms with E-state index in [4.69, 9.17) is 9.97 Å². The Kier molecular flexibility index (Phi) is 6.50. The van der Waals surface area contributed by atoms with Crippen molar-refractivity contribution in [3.63, 3.8) is 0 Å².